The summed E-state index contributed by atoms with van der Waals surface area (Å²) >= 11 is 1.40. The molecule has 5 heteroatoms. The molecule has 1 fully saturated rings. The first-order valence-corrected chi connectivity index (χ1v) is 6.00. The van der Waals surface area contributed by atoms with Crippen molar-refractivity contribution in [1.82, 2.24) is 9.88 Å². The Hall–Kier alpha value is -0.940. The Bertz CT molecular complexity index is 338. The van der Waals surface area contributed by atoms with Gasteiger partial charge in [0.2, 0.25) is 0 Å². The highest BCUT2D eigenvalue weighted by Crippen LogP contribution is 2.24. The molecule has 0 radical (unpaired) electrons. The van der Waals surface area contributed by atoms with Gasteiger partial charge in [0.1, 0.15) is 4.88 Å². The van der Waals surface area contributed by atoms with Crippen molar-refractivity contribution in [1.29, 1.82) is 0 Å². The summed E-state index contributed by atoms with van der Waals surface area (Å²) in [6.07, 6.45) is 2.65. The SMILES string of the molecule is CC1CC(CN)CN1C(=O)c1cncs1. The van der Waals surface area contributed by atoms with Crippen molar-refractivity contribution in [3.8, 4) is 0 Å². The molecule has 1 aliphatic rings. The molecule has 2 heterocycles. The molecule has 0 bridgehead atoms. The zero-order valence-electron chi connectivity index (χ0n) is 8.72. The van der Waals surface area contributed by atoms with E-state index in [1.807, 2.05) is 4.90 Å². The molecule has 1 aliphatic heterocycles. The van der Waals surface area contributed by atoms with Gasteiger partial charge in [-0.05, 0) is 25.8 Å². The molecule has 1 saturated heterocycles. The summed E-state index contributed by atoms with van der Waals surface area (Å²) in [6, 6.07) is 0.299. The number of hydrogen-bond donors (Lipinski definition) is 1. The van der Waals surface area contributed by atoms with Crippen LogP contribution in [0.4, 0.5) is 0 Å². The maximum Gasteiger partial charge on any atom is 0.265 e. The van der Waals surface area contributed by atoms with Gasteiger partial charge in [-0.3, -0.25) is 9.78 Å². The highest BCUT2D eigenvalue weighted by Gasteiger charge is 2.32. The Kier molecular flexibility index (Phi) is 3.02. The summed E-state index contributed by atoms with van der Waals surface area (Å²) < 4.78 is 0. The van der Waals surface area contributed by atoms with Crippen LogP contribution in [0, 0.1) is 5.92 Å². The van der Waals surface area contributed by atoms with E-state index in [1.165, 1.54) is 11.3 Å². The Morgan fingerprint density at radius 2 is 2.60 bits per heavy atom. The van der Waals surface area contributed by atoms with Crippen molar-refractivity contribution in [3.05, 3.63) is 16.6 Å². The molecule has 0 aliphatic carbocycles. The summed E-state index contributed by atoms with van der Waals surface area (Å²) in [4.78, 5) is 18.6. The topological polar surface area (TPSA) is 59.2 Å². The smallest absolute Gasteiger partial charge is 0.265 e. The first-order valence-electron chi connectivity index (χ1n) is 5.12. The van der Waals surface area contributed by atoms with Crippen molar-refractivity contribution in [2.24, 2.45) is 11.7 Å². The van der Waals surface area contributed by atoms with E-state index in [0.29, 0.717) is 18.5 Å². The van der Waals surface area contributed by atoms with Crippen molar-refractivity contribution >= 4 is 17.2 Å². The van der Waals surface area contributed by atoms with Gasteiger partial charge in [-0.25, -0.2) is 0 Å². The van der Waals surface area contributed by atoms with Crippen LogP contribution in [0.5, 0.6) is 0 Å². The van der Waals surface area contributed by atoms with E-state index < -0.39 is 0 Å². The van der Waals surface area contributed by atoms with Crippen LogP contribution in [0.25, 0.3) is 0 Å². The van der Waals surface area contributed by atoms with Crippen molar-refractivity contribution in [3.63, 3.8) is 0 Å². The van der Waals surface area contributed by atoms with E-state index in [1.54, 1.807) is 11.7 Å². The number of carbonyl (C=O) groups excluding carboxylic acids is 1. The van der Waals surface area contributed by atoms with Crippen molar-refractivity contribution in [2.45, 2.75) is 19.4 Å². The minimum atomic E-state index is 0.0981. The van der Waals surface area contributed by atoms with Crippen LogP contribution >= 0.6 is 11.3 Å². The molecule has 82 valence electrons. The molecule has 2 unspecified atom stereocenters. The fraction of sp³-hybridized carbons (Fsp3) is 0.600. The molecule has 1 aromatic rings. The summed E-state index contributed by atoms with van der Waals surface area (Å²) in [5.41, 5.74) is 7.32. The van der Waals surface area contributed by atoms with Gasteiger partial charge < -0.3 is 10.6 Å². The fourth-order valence-corrected chi connectivity index (χ4v) is 2.63. The zero-order valence-corrected chi connectivity index (χ0v) is 9.54. The van der Waals surface area contributed by atoms with Crippen molar-refractivity contribution in [2.75, 3.05) is 13.1 Å². The quantitative estimate of drug-likeness (QED) is 0.815. The van der Waals surface area contributed by atoms with Gasteiger partial charge in [0.15, 0.2) is 0 Å². The minimum Gasteiger partial charge on any atom is -0.335 e. The average Bonchev–Trinajstić information content (AvgIpc) is 2.85. The molecule has 15 heavy (non-hydrogen) atoms. The predicted octanol–water partition coefficient (Wildman–Crippen LogP) is 0.952. The van der Waals surface area contributed by atoms with E-state index in [0.717, 1.165) is 17.8 Å². The number of amides is 1. The molecular formula is C10H15N3OS. The maximum absolute atomic E-state index is 12.0. The van der Waals surface area contributed by atoms with E-state index >= 15 is 0 Å². The largest absolute Gasteiger partial charge is 0.335 e. The van der Waals surface area contributed by atoms with Crippen LogP contribution in [0.3, 0.4) is 0 Å². The van der Waals surface area contributed by atoms with Crippen LogP contribution < -0.4 is 5.73 Å². The summed E-state index contributed by atoms with van der Waals surface area (Å²) in [5, 5.41) is 0. The van der Waals surface area contributed by atoms with Gasteiger partial charge in [0, 0.05) is 12.6 Å². The average molecular weight is 225 g/mol. The Morgan fingerprint density at radius 3 is 3.13 bits per heavy atom. The molecule has 2 N–H and O–H groups in total. The highest BCUT2D eigenvalue weighted by molar-refractivity contribution is 7.11. The Balaban J connectivity index is 2.09. The second kappa shape index (κ2) is 4.28. The number of rotatable bonds is 2. The number of carbonyl (C=O) groups is 1. The molecule has 2 rings (SSSR count). The first kappa shape index (κ1) is 10.6. The van der Waals surface area contributed by atoms with Crippen LogP contribution in [-0.4, -0.2) is 34.9 Å². The summed E-state index contributed by atoms with van der Waals surface area (Å²) in [5.74, 6) is 0.554. The van der Waals surface area contributed by atoms with E-state index in [2.05, 4.69) is 11.9 Å². The van der Waals surface area contributed by atoms with Gasteiger partial charge in [-0.2, -0.15) is 0 Å². The van der Waals surface area contributed by atoms with Gasteiger partial charge >= 0.3 is 0 Å². The number of thiazole rings is 1. The minimum absolute atomic E-state index is 0.0981. The standard InChI is InChI=1S/C10H15N3OS/c1-7-2-8(3-11)5-13(7)10(14)9-4-12-6-15-9/h4,6-8H,2-3,5,11H2,1H3. The predicted molar refractivity (Wildman–Crippen MR) is 59.8 cm³/mol. The molecule has 4 nitrogen and oxygen atoms in total. The van der Waals surface area contributed by atoms with E-state index in [9.17, 15) is 4.79 Å². The lowest BCUT2D eigenvalue weighted by molar-refractivity contribution is 0.0748. The van der Waals surface area contributed by atoms with Crippen LogP contribution in [-0.2, 0) is 0 Å². The number of aromatic nitrogens is 1. The number of nitrogens with two attached hydrogens (primary N) is 1. The Morgan fingerprint density at radius 1 is 1.80 bits per heavy atom. The first-order chi connectivity index (χ1) is 7.22. The number of nitrogens with zero attached hydrogens (tertiary/aromatic N) is 2. The molecule has 1 aromatic heterocycles. The summed E-state index contributed by atoms with van der Waals surface area (Å²) in [6.45, 7) is 3.53. The zero-order chi connectivity index (χ0) is 10.8. The van der Waals surface area contributed by atoms with Gasteiger partial charge in [-0.1, -0.05) is 0 Å². The fourth-order valence-electron chi connectivity index (χ4n) is 2.06. The van der Waals surface area contributed by atoms with Gasteiger partial charge in [0.05, 0.1) is 11.7 Å². The van der Waals surface area contributed by atoms with E-state index in [4.69, 9.17) is 5.73 Å². The third kappa shape index (κ3) is 2.03. The summed E-state index contributed by atoms with van der Waals surface area (Å²) in [7, 11) is 0. The lowest BCUT2D eigenvalue weighted by Gasteiger charge is -2.20. The molecular weight excluding hydrogens is 210 g/mol. The van der Waals surface area contributed by atoms with Crippen LogP contribution in [0.15, 0.2) is 11.7 Å². The number of hydrogen-bond acceptors (Lipinski definition) is 4. The molecule has 0 spiro atoms. The molecule has 0 saturated carbocycles. The molecule has 1 amide bonds. The Labute approximate surface area is 93.1 Å². The van der Waals surface area contributed by atoms with Crippen molar-refractivity contribution < 1.29 is 4.79 Å². The monoisotopic (exact) mass is 225 g/mol. The van der Waals surface area contributed by atoms with Gasteiger partial charge in [0.25, 0.3) is 5.91 Å². The third-order valence-corrected chi connectivity index (χ3v) is 3.66. The lowest BCUT2D eigenvalue weighted by atomic mass is 10.1. The molecule has 2 atom stereocenters. The van der Waals surface area contributed by atoms with Crippen LogP contribution in [0.2, 0.25) is 0 Å². The highest BCUT2D eigenvalue weighted by atomic mass is 32.1. The normalized spacial score (nSPS) is 25.9. The van der Waals surface area contributed by atoms with E-state index in [-0.39, 0.29) is 5.91 Å². The number of likely N-dealkylation sites (tertiary alicyclic amines) is 1. The van der Waals surface area contributed by atoms with Crippen LogP contribution in [0.1, 0.15) is 23.0 Å². The molecule has 0 aromatic carbocycles. The van der Waals surface area contributed by atoms with Gasteiger partial charge in [-0.15, -0.1) is 11.3 Å². The lowest BCUT2D eigenvalue weighted by Crippen LogP contribution is -2.33. The third-order valence-electron chi connectivity index (χ3n) is 2.90. The second-order valence-corrected chi connectivity index (χ2v) is 4.90. The maximum atomic E-state index is 12.0. The second-order valence-electron chi connectivity index (χ2n) is 4.01.